The number of fused-ring (bicyclic) bond motifs is 1. The van der Waals surface area contributed by atoms with E-state index in [9.17, 15) is 0 Å². The van der Waals surface area contributed by atoms with Gasteiger partial charge in [-0.25, -0.2) is 0 Å². The van der Waals surface area contributed by atoms with Crippen molar-refractivity contribution in [3.63, 3.8) is 0 Å². The lowest BCUT2D eigenvalue weighted by Gasteiger charge is -2.36. The van der Waals surface area contributed by atoms with E-state index >= 15 is 0 Å². The Morgan fingerprint density at radius 1 is 1.15 bits per heavy atom. The van der Waals surface area contributed by atoms with Gasteiger partial charge in [-0.15, -0.1) is 0 Å². The van der Waals surface area contributed by atoms with E-state index < -0.39 is 0 Å². The van der Waals surface area contributed by atoms with E-state index in [4.69, 9.17) is 15.2 Å². The van der Waals surface area contributed by atoms with Crippen LogP contribution in [-0.4, -0.2) is 43.3 Å². The van der Waals surface area contributed by atoms with Gasteiger partial charge in [-0.05, 0) is 57.0 Å². The maximum absolute atomic E-state index is 6.17. The Kier molecular flexibility index (Phi) is 3.85. The lowest BCUT2D eigenvalue weighted by Crippen LogP contribution is -2.48. The quantitative estimate of drug-likeness (QED) is 0.915. The number of hydrogen-bond donors (Lipinski definition) is 1. The molecule has 0 radical (unpaired) electrons. The van der Waals surface area contributed by atoms with Crippen LogP contribution in [0.1, 0.15) is 25.3 Å². The molecule has 2 N–H and O–H groups in total. The van der Waals surface area contributed by atoms with Crippen molar-refractivity contribution in [2.75, 3.05) is 32.8 Å². The van der Waals surface area contributed by atoms with Crippen LogP contribution >= 0.6 is 0 Å². The Morgan fingerprint density at radius 3 is 2.60 bits per heavy atom. The number of hydrogen-bond acceptors (Lipinski definition) is 4. The maximum atomic E-state index is 6.17. The van der Waals surface area contributed by atoms with Gasteiger partial charge in [0.25, 0.3) is 0 Å². The van der Waals surface area contributed by atoms with Crippen molar-refractivity contribution in [3.8, 4) is 11.5 Å². The number of nitrogens with two attached hydrogens (primary N) is 1. The molecule has 1 aromatic carbocycles. The maximum Gasteiger partial charge on any atom is 0.161 e. The zero-order chi connectivity index (χ0) is 14.0. The standard InChI is InChI=1S/C16H24N2O2/c1-16(17)5-8-18(9-6-16)7-4-13-2-3-14-15(12-13)20-11-10-19-14/h2-3,12H,4-11,17H2,1H3. The lowest BCUT2D eigenvalue weighted by molar-refractivity contribution is 0.169. The van der Waals surface area contributed by atoms with E-state index in [0.29, 0.717) is 13.2 Å². The molecule has 1 saturated heterocycles. The van der Waals surface area contributed by atoms with Crippen molar-refractivity contribution in [2.45, 2.75) is 31.7 Å². The summed E-state index contributed by atoms with van der Waals surface area (Å²) in [5.41, 5.74) is 7.52. The molecule has 2 heterocycles. The fourth-order valence-electron chi connectivity index (χ4n) is 2.82. The summed E-state index contributed by atoms with van der Waals surface area (Å²) in [4.78, 5) is 2.51. The molecule has 0 saturated carbocycles. The summed E-state index contributed by atoms with van der Waals surface area (Å²) in [6.45, 7) is 6.77. The minimum Gasteiger partial charge on any atom is -0.486 e. The van der Waals surface area contributed by atoms with Gasteiger partial charge in [-0.2, -0.15) is 0 Å². The second-order valence-corrected chi connectivity index (χ2v) is 6.22. The first-order valence-corrected chi connectivity index (χ1v) is 7.52. The van der Waals surface area contributed by atoms with Gasteiger partial charge in [0.15, 0.2) is 11.5 Å². The molecule has 110 valence electrons. The van der Waals surface area contributed by atoms with Crippen LogP contribution in [0.2, 0.25) is 0 Å². The third kappa shape index (κ3) is 3.25. The van der Waals surface area contributed by atoms with E-state index in [0.717, 1.165) is 50.4 Å². The Bertz CT molecular complexity index is 464. The minimum atomic E-state index is 0.0352. The first-order chi connectivity index (χ1) is 9.62. The van der Waals surface area contributed by atoms with Gasteiger partial charge >= 0.3 is 0 Å². The first-order valence-electron chi connectivity index (χ1n) is 7.52. The van der Waals surface area contributed by atoms with Gasteiger partial charge in [0.2, 0.25) is 0 Å². The summed E-state index contributed by atoms with van der Waals surface area (Å²) >= 11 is 0. The topological polar surface area (TPSA) is 47.7 Å². The van der Waals surface area contributed by atoms with Gasteiger partial charge in [-0.3, -0.25) is 0 Å². The van der Waals surface area contributed by atoms with Gasteiger partial charge in [-0.1, -0.05) is 6.07 Å². The zero-order valence-corrected chi connectivity index (χ0v) is 12.2. The highest BCUT2D eigenvalue weighted by Crippen LogP contribution is 2.31. The zero-order valence-electron chi connectivity index (χ0n) is 12.2. The van der Waals surface area contributed by atoms with Gasteiger partial charge in [0, 0.05) is 12.1 Å². The molecule has 2 aliphatic heterocycles. The number of piperidine rings is 1. The summed E-state index contributed by atoms with van der Waals surface area (Å²) < 4.78 is 11.2. The fraction of sp³-hybridized carbons (Fsp3) is 0.625. The molecule has 4 heteroatoms. The van der Waals surface area contributed by atoms with Crippen molar-refractivity contribution < 1.29 is 9.47 Å². The molecule has 0 aromatic heterocycles. The van der Waals surface area contributed by atoms with Gasteiger partial charge in [0.1, 0.15) is 13.2 Å². The van der Waals surface area contributed by atoms with Crippen LogP contribution in [0.4, 0.5) is 0 Å². The molecule has 3 rings (SSSR count). The van der Waals surface area contributed by atoms with Crippen LogP contribution in [0, 0.1) is 0 Å². The molecular weight excluding hydrogens is 252 g/mol. The van der Waals surface area contributed by atoms with Crippen molar-refractivity contribution in [2.24, 2.45) is 5.73 Å². The van der Waals surface area contributed by atoms with Crippen LogP contribution < -0.4 is 15.2 Å². The average molecular weight is 276 g/mol. The number of ether oxygens (including phenoxy) is 2. The van der Waals surface area contributed by atoms with Crippen LogP contribution in [-0.2, 0) is 6.42 Å². The molecule has 0 amide bonds. The molecule has 4 nitrogen and oxygen atoms in total. The Balaban J connectivity index is 1.54. The second kappa shape index (κ2) is 5.62. The van der Waals surface area contributed by atoms with E-state index in [1.54, 1.807) is 0 Å². The van der Waals surface area contributed by atoms with Crippen molar-refractivity contribution in [1.82, 2.24) is 4.90 Å². The first kappa shape index (κ1) is 13.7. The third-order valence-corrected chi connectivity index (χ3v) is 4.32. The Labute approximate surface area is 120 Å². The predicted octanol–water partition coefficient (Wildman–Crippen LogP) is 1.81. The number of benzene rings is 1. The second-order valence-electron chi connectivity index (χ2n) is 6.22. The molecule has 0 spiro atoms. The SMILES string of the molecule is CC1(N)CCN(CCc2ccc3c(c2)OCCO3)CC1. The van der Waals surface area contributed by atoms with Crippen LogP contribution in [0.5, 0.6) is 11.5 Å². The van der Waals surface area contributed by atoms with Crippen molar-refractivity contribution in [3.05, 3.63) is 23.8 Å². The highest BCUT2D eigenvalue weighted by molar-refractivity contribution is 5.43. The number of nitrogens with zero attached hydrogens (tertiary/aromatic N) is 1. The van der Waals surface area contributed by atoms with Crippen LogP contribution in [0.15, 0.2) is 18.2 Å². The van der Waals surface area contributed by atoms with Crippen molar-refractivity contribution >= 4 is 0 Å². The molecular formula is C16H24N2O2. The molecule has 0 atom stereocenters. The predicted molar refractivity (Wildman–Crippen MR) is 79.4 cm³/mol. The fourth-order valence-corrected chi connectivity index (χ4v) is 2.82. The van der Waals surface area contributed by atoms with Gasteiger partial charge < -0.3 is 20.1 Å². The molecule has 0 aliphatic carbocycles. The summed E-state index contributed by atoms with van der Waals surface area (Å²) in [5, 5.41) is 0. The monoisotopic (exact) mass is 276 g/mol. The van der Waals surface area contributed by atoms with Gasteiger partial charge in [0.05, 0.1) is 0 Å². The van der Waals surface area contributed by atoms with Crippen molar-refractivity contribution in [1.29, 1.82) is 0 Å². The van der Waals surface area contributed by atoms with E-state index in [1.165, 1.54) is 5.56 Å². The Hall–Kier alpha value is -1.26. The highest BCUT2D eigenvalue weighted by atomic mass is 16.6. The van der Waals surface area contributed by atoms with Crippen LogP contribution in [0.25, 0.3) is 0 Å². The molecule has 2 aliphatic rings. The normalized spacial score (nSPS) is 21.7. The lowest BCUT2D eigenvalue weighted by atomic mass is 9.91. The summed E-state index contributed by atoms with van der Waals surface area (Å²) in [6, 6.07) is 6.28. The molecule has 0 unspecified atom stereocenters. The summed E-state index contributed by atoms with van der Waals surface area (Å²) in [7, 11) is 0. The minimum absolute atomic E-state index is 0.0352. The molecule has 20 heavy (non-hydrogen) atoms. The van der Waals surface area contributed by atoms with E-state index in [-0.39, 0.29) is 5.54 Å². The molecule has 1 aromatic rings. The summed E-state index contributed by atoms with van der Waals surface area (Å²) in [6.07, 6.45) is 3.24. The number of likely N-dealkylation sites (tertiary alicyclic amines) is 1. The molecule has 1 fully saturated rings. The van der Waals surface area contributed by atoms with E-state index in [2.05, 4.69) is 24.0 Å². The average Bonchev–Trinajstić information content (AvgIpc) is 2.46. The third-order valence-electron chi connectivity index (χ3n) is 4.32. The molecule has 0 bridgehead atoms. The smallest absolute Gasteiger partial charge is 0.161 e. The Morgan fingerprint density at radius 2 is 1.85 bits per heavy atom. The van der Waals surface area contributed by atoms with Crippen LogP contribution in [0.3, 0.4) is 0 Å². The highest BCUT2D eigenvalue weighted by Gasteiger charge is 2.25. The largest absolute Gasteiger partial charge is 0.486 e. The van der Waals surface area contributed by atoms with E-state index in [1.807, 2.05) is 6.07 Å². The number of rotatable bonds is 3. The summed E-state index contributed by atoms with van der Waals surface area (Å²) in [5.74, 6) is 1.76.